The summed E-state index contributed by atoms with van der Waals surface area (Å²) in [4.78, 5) is 24.2. The van der Waals surface area contributed by atoms with Gasteiger partial charge in [-0.1, -0.05) is 18.9 Å². The molecule has 2 N–H and O–H groups in total. The molecule has 2 aromatic rings. The first-order chi connectivity index (χ1) is 13.8. The molecule has 0 aromatic heterocycles. The largest absolute Gasteiger partial charge is 0.506 e. The molecule has 0 spiro atoms. The van der Waals surface area contributed by atoms with Crippen molar-refractivity contribution in [3.63, 3.8) is 0 Å². The number of hydrogen-bond donors (Lipinski definition) is 2. The number of phenolic OH excluding ortho intramolecular Hbond substituents is 1. The number of anilines is 1. The number of nitrogens with zero attached hydrogens (tertiary/aromatic N) is 1. The van der Waals surface area contributed by atoms with Crippen molar-refractivity contribution in [3.05, 3.63) is 53.6 Å². The van der Waals surface area contributed by atoms with Crippen LogP contribution in [0, 0.1) is 0 Å². The highest BCUT2D eigenvalue weighted by molar-refractivity contribution is 7.89. The van der Waals surface area contributed by atoms with Gasteiger partial charge in [-0.05, 0) is 56.2 Å². The molecule has 0 saturated carbocycles. The predicted molar refractivity (Wildman–Crippen MR) is 110 cm³/mol. The molecule has 154 valence electrons. The number of carbonyl (C=O) groups excluding carboxylic acids is 2. The Morgan fingerprint density at radius 1 is 0.966 bits per heavy atom. The van der Waals surface area contributed by atoms with Gasteiger partial charge in [-0.3, -0.25) is 9.59 Å². The molecule has 1 saturated heterocycles. The monoisotopic (exact) mass is 416 g/mol. The Bertz CT molecular complexity index is 1030. The molecule has 1 aliphatic rings. The Morgan fingerprint density at radius 2 is 1.66 bits per heavy atom. The van der Waals surface area contributed by atoms with Crippen LogP contribution in [0.5, 0.6) is 5.75 Å². The molecule has 2 aromatic carbocycles. The lowest BCUT2D eigenvalue weighted by molar-refractivity contribution is 0.101. The van der Waals surface area contributed by atoms with E-state index in [1.54, 1.807) is 0 Å². The highest BCUT2D eigenvalue weighted by Crippen LogP contribution is 2.26. The standard InChI is InChI=1S/C21H24N2O5S/c1-15(24)16-9-10-20(25)19(14-16)22-21(26)17-7-6-8-18(13-17)29(27,28)23-11-4-2-3-5-12-23/h6-10,13-14,25H,2-5,11-12H2,1H3,(H,22,26). The summed E-state index contributed by atoms with van der Waals surface area (Å²) < 4.78 is 27.4. The number of hydrogen-bond acceptors (Lipinski definition) is 5. The van der Waals surface area contributed by atoms with Crippen molar-refractivity contribution in [2.45, 2.75) is 37.5 Å². The van der Waals surface area contributed by atoms with E-state index in [1.165, 1.54) is 53.7 Å². The molecule has 8 heteroatoms. The summed E-state index contributed by atoms with van der Waals surface area (Å²) in [5, 5.41) is 12.5. The van der Waals surface area contributed by atoms with Crippen molar-refractivity contribution in [2.75, 3.05) is 18.4 Å². The van der Waals surface area contributed by atoms with Crippen molar-refractivity contribution in [1.29, 1.82) is 0 Å². The summed E-state index contributed by atoms with van der Waals surface area (Å²) in [6, 6.07) is 10.0. The topological polar surface area (TPSA) is 104 Å². The lowest BCUT2D eigenvalue weighted by Crippen LogP contribution is -2.32. The van der Waals surface area contributed by atoms with Crippen molar-refractivity contribution < 1.29 is 23.1 Å². The van der Waals surface area contributed by atoms with Gasteiger partial charge >= 0.3 is 0 Å². The van der Waals surface area contributed by atoms with Gasteiger partial charge in [0.15, 0.2) is 5.78 Å². The van der Waals surface area contributed by atoms with Gasteiger partial charge in [-0.15, -0.1) is 0 Å². The summed E-state index contributed by atoms with van der Waals surface area (Å²) in [5.74, 6) is -0.961. The van der Waals surface area contributed by atoms with Crippen molar-refractivity contribution in [3.8, 4) is 5.75 Å². The number of carbonyl (C=O) groups is 2. The van der Waals surface area contributed by atoms with Gasteiger partial charge in [0.05, 0.1) is 10.6 Å². The Balaban J connectivity index is 1.85. The van der Waals surface area contributed by atoms with Crippen LogP contribution in [0.4, 0.5) is 5.69 Å². The molecule has 1 amide bonds. The third-order valence-electron chi connectivity index (χ3n) is 4.95. The number of ketones is 1. The number of aromatic hydroxyl groups is 1. The lowest BCUT2D eigenvalue weighted by Gasteiger charge is -2.20. The van der Waals surface area contributed by atoms with Gasteiger partial charge < -0.3 is 10.4 Å². The zero-order valence-electron chi connectivity index (χ0n) is 16.2. The van der Waals surface area contributed by atoms with Crippen molar-refractivity contribution in [2.24, 2.45) is 0 Å². The predicted octanol–water partition coefficient (Wildman–Crippen LogP) is 3.41. The van der Waals surface area contributed by atoms with E-state index in [4.69, 9.17) is 0 Å². The second-order valence-corrected chi connectivity index (χ2v) is 9.03. The van der Waals surface area contributed by atoms with E-state index in [9.17, 15) is 23.1 Å². The van der Waals surface area contributed by atoms with Crippen LogP contribution in [0.15, 0.2) is 47.4 Å². The van der Waals surface area contributed by atoms with E-state index < -0.39 is 15.9 Å². The van der Waals surface area contributed by atoms with E-state index in [-0.39, 0.29) is 27.7 Å². The number of Topliss-reactive ketones (excluding diaryl/α,β-unsaturated/α-hetero) is 1. The third kappa shape index (κ3) is 4.83. The molecule has 0 radical (unpaired) electrons. The molecule has 1 heterocycles. The highest BCUT2D eigenvalue weighted by atomic mass is 32.2. The molecular weight excluding hydrogens is 392 g/mol. The smallest absolute Gasteiger partial charge is 0.255 e. The summed E-state index contributed by atoms with van der Waals surface area (Å²) in [6.07, 6.45) is 3.67. The minimum Gasteiger partial charge on any atom is -0.506 e. The normalized spacial score (nSPS) is 15.5. The van der Waals surface area contributed by atoms with Gasteiger partial charge in [-0.2, -0.15) is 4.31 Å². The summed E-state index contributed by atoms with van der Waals surface area (Å²) in [5.41, 5.74) is 0.576. The van der Waals surface area contributed by atoms with Gasteiger partial charge in [0.2, 0.25) is 10.0 Å². The molecule has 0 atom stereocenters. The zero-order valence-corrected chi connectivity index (χ0v) is 17.0. The first-order valence-corrected chi connectivity index (χ1v) is 11.0. The number of nitrogens with one attached hydrogen (secondary N) is 1. The molecule has 29 heavy (non-hydrogen) atoms. The van der Waals surface area contributed by atoms with Crippen molar-refractivity contribution in [1.82, 2.24) is 4.31 Å². The number of amides is 1. The number of benzene rings is 2. The van der Waals surface area contributed by atoms with E-state index in [0.717, 1.165) is 25.7 Å². The second kappa shape index (κ2) is 8.75. The molecule has 7 nitrogen and oxygen atoms in total. The van der Waals surface area contributed by atoms with E-state index >= 15 is 0 Å². The molecule has 3 rings (SSSR count). The van der Waals surface area contributed by atoms with Gasteiger partial charge in [0.1, 0.15) is 5.75 Å². The van der Waals surface area contributed by atoms with Crippen LogP contribution in [0.25, 0.3) is 0 Å². The minimum absolute atomic E-state index is 0.0637. The molecule has 0 unspecified atom stereocenters. The SMILES string of the molecule is CC(=O)c1ccc(O)c(NC(=O)c2cccc(S(=O)(=O)N3CCCCCC3)c2)c1. The highest BCUT2D eigenvalue weighted by Gasteiger charge is 2.26. The third-order valence-corrected chi connectivity index (χ3v) is 6.84. The van der Waals surface area contributed by atoms with Crippen LogP contribution in [0.3, 0.4) is 0 Å². The molecule has 0 aliphatic carbocycles. The quantitative estimate of drug-likeness (QED) is 0.574. The van der Waals surface area contributed by atoms with E-state index in [0.29, 0.717) is 18.7 Å². The lowest BCUT2D eigenvalue weighted by atomic mass is 10.1. The van der Waals surface area contributed by atoms with Crippen LogP contribution in [0.2, 0.25) is 0 Å². The van der Waals surface area contributed by atoms with Crippen LogP contribution in [0.1, 0.15) is 53.3 Å². The first-order valence-electron chi connectivity index (χ1n) is 9.54. The van der Waals surface area contributed by atoms with Gasteiger partial charge in [0, 0.05) is 24.2 Å². The Morgan fingerprint density at radius 3 is 2.31 bits per heavy atom. The summed E-state index contributed by atoms with van der Waals surface area (Å²) in [6.45, 7) is 2.34. The Kier molecular flexibility index (Phi) is 6.34. The second-order valence-electron chi connectivity index (χ2n) is 7.09. The number of phenols is 1. The maximum Gasteiger partial charge on any atom is 0.255 e. The maximum absolute atomic E-state index is 13.0. The summed E-state index contributed by atoms with van der Waals surface area (Å²) >= 11 is 0. The first kappa shape index (κ1) is 21.0. The summed E-state index contributed by atoms with van der Waals surface area (Å²) in [7, 11) is -3.68. The zero-order chi connectivity index (χ0) is 21.0. The maximum atomic E-state index is 13.0. The molecule has 1 aliphatic heterocycles. The van der Waals surface area contributed by atoms with Gasteiger partial charge in [0.25, 0.3) is 5.91 Å². The fourth-order valence-electron chi connectivity index (χ4n) is 3.28. The van der Waals surface area contributed by atoms with Crippen LogP contribution in [-0.2, 0) is 10.0 Å². The number of rotatable bonds is 5. The molecule has 0 bridgehead atoms. The van der Waals surface area contributed by atoms with Crippen LogP contribution in [-0.4, -0.2) is 42.6 Å². The number of sulfonamides is 1. The average molecular weight is 416 g/mol. The fourth-order valence-corrected chi connectivity index (χ4v) is 4.84. The Hall–Kier alpha value is -2.71. The van der Waals surface area contributed by atoms with Crippen LogP contribution < -0.4 is 5.32 Å². The van der Waals surface area contributed by atoms with Crippen molar-refractivity contribution >= 4 is 27.4 Å². The van der Waals surface area contributed by atoms with Gasteiger partial charge in [-0.25, -0.2) is 8.42 Å². The minimum atomic E-state index is -3.68. The van der Waals surface area contributed by atoms with E-state index in [1.807, 2.05) is 0 Å². The Labute approximate surface area is 170 Å². The van der Waals surface area contributed by atoms with Crippen LogP contribution >= 0.6 is 0 Å². The fraction of sp³-hybridized carbons (Fsp3) is 0.333. The average Bonchev–Trinajstić information content (AvgIpc) is 2.99. The molecule has 1 fully saturated rings. The molecular formula is C21H24N2O5S. The van der Waals surface area contributed by atoms with E-state index in [2.05, 4.69) is 5.32 Å².